The largest absolute Gasteiger partial charge is 0.335 e. The van der Waals surface area contributed by atoms with Crippen molar-refractivity contribution in [3.63, 3.8) is 0 Å². The van der Waals surface area contributed by atoms with Crippen LogP contribution in [0, 0.1) is 19.7 Å². The molecule has 4 rings (SSSR count). The van der Waals surface area contributed by atoms with Gasteiger partial charge in [0.25, 0.3) is 11.3 Å². The highest BCUT2D eigenvalue weighted by molar-refractivity contribution is 5.92. The van der Waals surface area contributed by atoms with Crippen LogP contribution in [-0.2, 0) is 11.3 Å². The quantitative estimate of drug-likeness (QED) is 0.575. The number of nitrogens with one attached hydrogen (secondary N) is 1. The molecule has 0 saturated carbocycles. The Morgan fingerprint density at radius 1 is 1.17 bits per heavy atom. The van der Waals surface area contributed by atoms with Gasteiger partial charge in [0.1, 0.15) is 29.8 Å². The minimum Gasteiger partial charge on any atom is -0.335 e. The van der Waals surface area contributed by atoms with Gasteiger partial charge in [-0.25, -0.2) is 9.37 Å². The third kappa shape index (κ3) is 3.64. The molecule has 8 heteroatoms. The van der Waals surface area contributed by atoms with E-state index in [1.165, 1.54) is 24.5 Å². The van der Waals surface area contributed by atoms with Gasteiger partial charge in [0, 0.05) is 11.3 Å². The first-order valence-electron chi connectivity index (χ1n) is 8.90. The zero-order valence-corrected chi connectivity index (χ0v) is 15.8. The lowest BCUT2D eigenvalue weighted by Gasteiger charge is -2.09. The van der Waals surface area contributed by atoms with Crippen molar-refractivity contribution < 1.29 is 13.7 Å². The standard InChI is InChI=1S/C21H17FN4O3/c1-12-7-13(2)9-14(8-12)24-17(27)10-26-11-23-20-18(21(26)28)19(25-29-20)15-5-3-4-6-16(15)22/h3-9,11H,10H2,1-2H3,(H,24,27). The molecule has 0 aliphatic heterocycles. The normalized spacial score (nSPS) is 11.0. The van der Waals surface area contributed by atoms with Gasteiger partial charge in [-0.3, -0.25) is 14.2 Å². The summed E-state index contributed by atoms with van der Waals surface area (Å²) in [5, 5.41) is 6.60. The molecule has 0 bridgehead atoms. The van der Waals surface area contributed by atoms with E-state index in [0.717, 1.165) is 15.7 Å². The van der Waals surface area contributed by atoms with Crippen molar-refractivity contribution in [2.24, 2.45) is 0 Å². The van der Waals surface area contributed by atoms with Crippen LogP contribution in [-0.4, -0.2) is 20.6 Å². The predicted octanol–water partition coefficient (Wildman–Crippen LogP) is 3.45. The average Bonchev–Trinajstić information content (AvgIpc) is 3.08. The minimum absolute atomic E-state index is 0.0146. The van der Waals surface area contributed by atoms with Gasteiger partial charge in [0.15, 0.2) is 0 Å². The van der Waals surface area contributed by atoms with Crippen LogP contribution in [0.3, 0.4) is 0 Å². The summed E-state index contributed by atoms with van der Waals surface area (Å²) in [6.07, 6.45) is 1.21. The lowest BCUT2D eigenvalue weighted by Crippen LogP contribution is -2.28. The molecule has 29 heavy (non-hydrogen) atoms. The third-order valence-electron chi connectivity index (χ3n) is 4.41. The second kappa shape index (κ2) is 7.31. The molecule has 146 valence electrons. The van der Waals surface area contributed by atoms with Crippen molar-refractivity contribution in [1.29, 1.82) is 0 Å². The number of fused-ring (bicyclic) bond motifs is 1. The number of carbonyl (C=O) groups is 1. The molecule has 2 heterocycles. The smallest absolute Gasteiger partial charge is 0.267 e. The van der Waals surface area contributed by atoms with Gasteiger partial charge in [-0.05, 0) is 49.2 Å². The average molecular weight is 392 g/mol. The topological polar surface area (TPSA) is 90.0 Å². The zero-order valence-electron chi connectivity index (χ0n) is 15.8. The molecule has 0 spiro atoms. The number of hydrogen-bond donors (Lipinski definition) is 1. The first kappa shape index (κ1) is 18.5. The summed E-state index contributed by atoms with van der Waals surface area (Å²) in [7, 11) is 0. The number of rotatable bonds is 4. The summed E-state index contributed by atoms with van der Waals surface area (Å²) in [6.45, 7) is 3.61. The van der Waals surface area contributed by atoms with Crippen molar-refractivity contribution in [3.05, 3.63) is 76.1 Å². The number of anilines is 1. The highest BCUT2D eigenvalue weighted by Crippen LogP contribution is 2.26. The predicted molar refractivity (Wildman–Crippen MR) is 106 cm³/mol. The van der Waals surface area contributed by atoms with E-state index in [0.29, 0.717) is 5.69 Å². The SMILES string of the molecule is Cc1cc(C)cc(NC(=O)Cn2cnc3onc(-c4ccccc4F)c3c2=O)c1. The Hall–Kier alpha value is -3.81. The fraction of sp³-hybridized carbons (Fsp3) is 0.143. The van der Waals surface area contributed by atoms with Crippen LogP contribution in [0.2, 0.25) is 0 Å². The molecule has 7 nitrogen and oxygen atoms in total. The molecule has 1 amide bonds. The second-order valence-electron chi connectivity index (χ2n) is 6.79. The van der Waals surface area contributed by atoms with Crippen molar-refractivity contribution in [3.8, 4) is 11.3 Å². The van der Waals surface area contributed by atoms with Crippen molar-refractivity contribution in [1.82, 2.24) is 14.7 Å². The highest BCUT2D eigenvalue weighted by Gasteiger charge is 2.20. The maximum absolute atomic E-state index is 14.2. The number of nitrogens with zero attached hydrogens (tertiary/aromatic N) is 3. The van der Waals surface area contributed by atoms with Crippen LogP contribution in [0.25, 0.3) is 22.4 Å². The molecule has 2 aromatic heterocycles. The van der Waals surface area contributed by atoms with Gasteiger partial charge in [-0.1, -0.05) is 23.4 Å². The molecule has 4 aromatic rings. The van der Waals surface area contributed by atoms with Crippen LogP contribution in [0.5, 0.6) is 0 Å². The summed E-state index contributed by atoms with van der Waals surface area (Å²) in [5.41, 5.74) is 2.30. The summed E-state index contributed by atoms with van der Waals surface area (Å²) in [5.74, 6) is -0.924. The molecule has 0 aliphatic rings. The minimum atomic E-state index is -0.537. The van der Waals surface area contributed by atoms with E-state index in [4.69, 9.17) is 4.52 Å². The fourth-order valence-corrected chi connectivity index (χ4v) is 3.23. The molecular weight excluding hydrogens is 375 g/mol. The van der Waals surface area contributed by atoms with Gasteiger partial charge in [-0.15, -0.1) is 0 Å². The van der Waals surface area contributed by atoms with Crippen LogP contribution in [0.1, 0.15) is 11.1 Å². The van der Waals surface area contributed by atoms with Gasteiger partial charge in [0.2, 0.25) is 5.91 Å². The summed E-state index contributed by atoms with van der Waals surface area (Å²) in [6, 6.07) is 11.6. The molecule has 1 N–H and O–H groups in total. The number of hydrogen-bond acceptors (Lipinski definition) is 5. The molecule has 0 atom stereocenters. The van der Waals surface area contributed by atoms with E-state index in [9.17, 15) is 14.0 Å². The molecule has 2 aromatic carbocycles. The Balaban J connectivity index is 1.67. The van der Waals surface area contributed by atoms with Gasteiger partial charge in [0.05, 0.1) is 0 Å². The van der Waals surface area contributed by atoms with Gasteiger partial charge >= 0.3 is 0 Å². The Morgan fingerprint density at radius 3 is 2.62 bits per heavy atom. The summed E-state index contributed by atoms with van der Waals surface area (Å²) in [4.78, 5) is 29.4. The monoisotopic (exact) mass is 392 g/mol. The Kier molecular flexibility index (Phi) is 4.67. The van der Waals surface area contributed by atoms with Gasteiger partial charge < -0.3 is 9.84 Å². The van der Waals surface area contributed by atoms with E-state index in [1.54, 1.807) is 6.07 Å². The Bertz CT molecular complexity index is 1270. The number of benzene rings is 2. The van der Waals surface area contributed by atoms with Crippen LogP contribution >= 0.6 is 0 Å². The molecular formula is C21H17FN4O3. The number of carbonyl (C=O) groups excluding carboxylic acids is 1. The van der Waals surface area contributed by atoms with Crippen LogP contribution in [0.4, 0.5) is 10.1 Å². The van der Waals surface area contributed by atoms with Crippen molar-refractivity contribution in [2.75, 3.05) is 5.32 Å². The lowest BCUT2D eigenvalue weighted by molar-refractivity contribution is -0.116. The first-order chi connectivity index (χ1) is 13.9. The maximum Gasteiger partial charge on any atom is 0.267 e. The number of amides is 1. The third-order valence-corrected chi connectivity index (χ3v) is 4.41. The molecule has 0 aliphatic carbocycles. The Labute approximate surface area is 164 Å². The zero-order chi connectivity index (χ0) is 20.5. The van der Waals surface area contributed by atoms with E-state index >= 15 is 0 Å². The summed E-state index contributed by atoms with van der Waals surface area (Å²) >= 11 is 0. The van der Waals surface area contributed by atoms with E-state index in [-0.39, 0.29) is 34.8 Å². The summed E-state index contributed by atoms with van der Waals surface area (Å²) < 4.78 is 20.4. The number of halogens is 1. The first-order valence-corrected chi connectivity index (χ1v) is 8.90. The Morgan fingerprint density at radius 2 is 1.90 bits per heavy atom. The van der Waals surface area contributed by atoms with Crippen LogP contribution in [0.15, 0.2) is 58.1 Å². The van der Waals surface area contributed by atoms with Crippen LogP contribution < -0.4 is 10.9 Å². The fourth-order valence-electron chi connectivity index (χ4n) is 3.23. The molecule has 0 radical (unpaired) electrons. The van der Waals surface area contributed by atoms with E-state index in [2.05, 4.69) is 15.5 Å². The van der Waals surface area contributed by atoms with Gasteiger partial charge in [-0.2, -0.15) is 0 Å². The number of aromatic nitrogens is 3. The molecule has 0 unspecified atom stereocenters. The molecule has 0 saturated heterocycles. The van der Waals surface area contributed by atoms with Crippen molar-refractivity contribution >= 4 is 22.7 Å². The lowest BCUT2D eigenvalue weighted by atomic mass is 10.1. The molecule has 0 fully saturated rings. The highest BCUT2D eigenvalue weighted by atomic mass is 19.1. The van der Waals surface area contributed by atoms with Crippen molar-refractivity contribution in [2.45, 2.75) is 20.4 Å². The van der Waals surface area contributed by atoms with E-state index < -0.39 is 11.4 Å². The second-order valence-corrected chi connectivity index (χ2v) is 6.79. The number of aryl methyl sites for hydroxylation is 2. The van der Waals surface area contributed by atoms with E-state index in [1.807, 2.05) is 32.0 Å². The maximum atomic E-state index is 14.2.